The van der Waals surface area contributed by atoms with Crippen molar-refractivity contribution >= 4 is 0 Å². The number of hydrogen-bond donors (Lipinski definition) is 1. The van der Waals surface area contributed by atoms with Gasteiger partial charge in [0.25, 0.3) is 5.89 Å². The van der Waals surface area contributed by atoms with Gasteiger partial charge < -0.3 is 19.6 Å². The Balaban J connectivity index is 1.55. The summed E-state index contributed by atoms with van der Waals surface area (Å²) >= 11 is 0. The number of nitrogens with two attached hydrogens (primary N) is 1. The highest BCUT2D eigenvalue weighted by atomic mass is 16.5. The van der Waals surface area contributed by atoms with E-state index in [0.29, 0.717) is 36.2 Å². The van der Waals surface area contributed by atoms with E-state index in [9.17, 15) is 0 Å². The highest BCUT2D eigenvalue weighted by Crippen LogP contribution is 2.41. The number of rotatable bonds is 3. The zero-order chi connectivity index (χ0) is 14.4. The van der Waals surface area contributed by atoms with Crippen molar-refractivity contribution in [2.24, 2.45) is 5.73 Å². The first-order valence-electron chi connectivity index (χ1n) is 7.59. The van der Waals surface area contributed by atoms with Crippen molar-refractivity contribution in [3.63, 3.8) is 0 Å². The monoisotopic (exact) mass is 288 g/mol. The fraction of sp³-hybridized carbons (Fsp3) is 0.600. The average molecular weight is 288 g/mol. The predicted molar refractivity (Wildman–Crippen MR) is 76.4 cm³/mol. The Morgan fingerprint density at radius 2 is 2.05 bits per heavy atom. The summed E-state index contributed by atoms with van der Waals surface area (Å²) in [4.78, 5) is 7.05. The molecule has 2 atom stereocenters. The minimum atomic E-state index is 0.374. The van der Waals surface area contributed by atoms with Gasteiger partial charge in [0.05, 0.1) is 6.54 Å². The van der Waals surface area contributed by atoms with Crippen LogP contribution in [-0.4, -0.2) is 34.2 Å². The van der Waals surface area contributed by atoms with Gasteiger partial charge in [-0.25, -0.2) is 0 Å². The molecule has 0 radical (unpaired) electrons. The van der Waals surface area contributed by atoms with Crippen LogP contribution in [0.25, 0.3) is 11.7 Å². The Hall–Kier alpha value is -1.66. The number of fused-ring (bicyclic) bond motifs is 2. The first kappa shape index (κ1) is 13.0. The molecule has 6 heteroatoms. The predicted octanol–water partition coefficient (Wildman–Crippen LogP) is 2.13. The molecule has 2 N–H and O–H groups in total. The molecule has 2 aromatic rings. The summed E-state index contributed by atoms with van der Waals surface area (Å²) in [5, 5.41) is 4.18. The van der Waals surface area contributed by atoms with Crippen molar-refractivity contribution in [3.05, 3.63) is 23.7 Å². The fourth-order valence-electron chi connectivity index (χ4n) is 3.73. The summed E-state index contributed by atoms with van der Waals surface area (Å²) in [5.74, 6) is 3.00. The van der Waals surface area contributed by atoms with Crippen molar-refractivity contribution in [1.82, 2.24) is 15.0 Å². The highest BCUT2D eigenvalue weighted by molar-refractivity contribution is 5.44. The molecule has 2 aromatic heterocycles. The van der Waals surface area contributed by atoms with E-state index in [2.05, 4.69) is 22.1 Å². The van der Waals surface area contributed by atoms with Crippen LogP contribution in [0, 0.1) is 0 Å². The van der Waals surface area contributed by atoms with E-state index >= 15 is 0 Å². The van der Waals surface area contributed by atoms with Crippen LogP contribution in [0.5, 0.6) is 0 Å². The van der Waals surface area contributed by atoms with E-state index in [-0.39, 0.29) is 0 Å². The smallest absolute Gasteiger partial charge is 0.293 e. The molecule has 4 heterocycles. The lowest BCUT2D eigenvalue weighted by Gasteiger charge is -2.34. The molecule has 0 aliphatic carbocycles. The molecule has 0 saturated carbocycles. The lowest BCUT2D eigenvalue weighted by Crippen LogP contribution is -2.39. The third kappa shape index (κ3) is 2.18. The van der Waals surface area contributed by atoms with Crippen molar-refractivity contribution in [1.29, 1.82) is 0 Å². The Bertz CT molecular complexity index is 621. The number of furan rings is 1. The Morgan fingerprint density at radius 1 is 1.29 bits per heavy atom. The molecule has 0 amide bonds. The van der Waals surface area contributed by atoms with Gasteiger partial charge in [0.15, 0.2) is 11.6 Å². The average Bonchev–Trinajstić information content (AvgIpc) is 3.18. The molecule has 112 valence electrons. The van der Waals surface area contributed by atoms with Gasteiger partial charge in [-0.3, -0.25) is 0 Å². The van der Waals surface area contributed by atoms with Gasteiger partial charge in [-0.15, -0.1) is 0 Å². The van der Waals surface area contributed by atoms with E-state index in [1.165, 1.54) is 12.8 Å². The number of hydrogen-bond acceptors (Lipinski definition) is 6. The van der Waals surface area contributed by atoms with Gasteiger partial charge in [0, 0.05) is 18.0 Å². The van der Waals surface area contributed by atoms with Gasteiger partial charge in [0.1, 0.15) is 5.76 Å². The largest absolute Gasteiger partial charge is 0.455 e. The minimum Gasteiger partial charge on any atom is -0.455 e. The first-order chi connectivity index (χ1) is 10.2. The molecule has 2 unspecified atom stereocenters. The molecular formula is C15H20N4O2. The summed E-state index contributed by atoms with van der Waals surface area (Å²) in [5.41, 5.74) is 5.55. The lowest BCUT2D eigenvalue weighted by atomic mass is 9.90. The minimum absolute atomic E-state index is 0.374. The maximum absolute atomic E-state index is 5.56. The number of nitrogens with zero attached hydrogens (tertiary/aromatic N) is 3. The molecule has 4 rings (SSSR count). The standard InChI is InChI=1S/C15H20N4O2/c1-19-10-2-3-11(19)7-9(6-10)14-17-15(21-18-14)13-5-4-12(8-16)20-13/h4-5,9-11H,2-3,6-8,16H2,1H3. The van der Waals surface area contributed by atoms with Crippen molar-refractivity contribution in [3.8, 4) is 11.7 Å². The molecule has 0 aromatic carbocycles. The molecule has 2 bridgehead atoms. The summed E-state index contributed by atoms with van der Waals surface area (Å²) in [6, 6.07) is 5.01. The molecular weight excluding hydrogens is 268 g/mol. The quantitative estimate of drug-likeness (QED) is 0.931. The lowest BCUT2D eigenvalue weighted by molar-refractivity contribution is 0.157. The van der Waals surface area contributed by atoms with Crippen LogP contribution in [0.2, 0.25) is 0 Å². The van der Waals surface area contributed by atoms with E-state index in [4.69, 9.17) is 14.7 Å². The molecule has 2 saturated heterocycles. The van der Waals surface area contributed by atoms with Crippen molar-refractivity contribution < 1.29 is 8.94 Å². The topological polar surface area (TPSA) is 81.3 Å². The summed E-state index contributed by atoms with van der Waals surface area (Å²) in [6.07, 6.45) is 4.83. The highest BCUT2D eigenvalue weighted by Gasteiger charge is 2.40. The Morgan fingerprint density at radius 3 is 2.71 bits per heavy atom. The molecule has 2 aliphatic heterocycles. The third-order valence-corrected chi connectivity index (χ3v) is 4.98. The fourth-order valence-corrected chi connectivity index (χ4v) is 3.73. The molecule has 21 heavy (non-hydrogen) atoms. The van der Waals surface area contributed by atoms with E-state index in [1.807, 2.05) is 12.1 Å². The molecule has 2 aliphatic rings. The second-order valence-electron chi connectivity index (χ2n) is 6.15. The summed E-state index contributed by atoms with van der Waals surface area (Å²) in [7, 11) is 2.23. The third-order valence-electron chi connectivity index (χ3n) is 4.98. The zero-order valence-corrected chi connectivity index (χ0v) is 12.2. The summed E-state index contributed by atoms with van der Waals surface area (Å²) in [6.45, 7) is 0.374. The normalized spacial score (nSPS) is 29.1. The van der Waals surface area contributed by atoms with Gasteiger partial charge in [-0.2, -0.15) is 4.98 Å². The van der Waals surface area contributed by atoms with E-state index in [0.717, 1.165) is 24.4 Å². The Kier molecular flexibility index (Phi) is 3.08. The Labute approximate surface area is 123 Å². The van der Waals surface area contributed by atoms with E-state index in [1.54, 1.807) is 0 Å². The van der Waals surface area contributed by atoms with Gasteiger partial charge in [-0.05, 0) is 44.9 Å². The van der Waals surface area contributed by atoms with Crippen LogP contribution in [0.15, 0.2) is 21.1 Å². The van der Waals surface area contributed by atoms with Crippen LogP contribution < -0.4 is 5.73 Å². The first-order valence-corrected chi connectivity index (χ1v) is 7.59. The SMILES string of the molecule is CN1C2CCC1CC(c1noc(-c3ccc(CN)o3)n1)C2. The van der Waals surface area contributed by atoms with E-state index < -0.39 is 0 Å². The number of piperidine rings is 1. The molecule has 2 fully saturated rings. The van der Waals surface area contributed by atoms with Crippen LogP contribution in [0.3, 0.4) is 0 Å². The zero-order valence-electron chi connectivity index (χ0n) is 12.2. The van der Waals surface area contributed by atoms with Gasteiger partial charge >= 0.3 is 0 Å². The van der Waals surface area contributed by atoms with Crippen LogP contribution in [0.4, 0.5) is 0 Å². The maximum atomic E-state index is 5.56. The van der Waals surface area contributed by atoms with Crippen LogP contribution in [-0.2, 0) is 6.54 Å². The number of aromatic nitrogens is 2. The summed E-state index contributed by atoms with van der Waals surface area (Å²) < 4.78 is 10.9. The molecule has 0 spiro atoms. The maximum Gasteiger partial charge on any atom is 0.293 e. The van der Waals surface area contributed by atoms with Gasteiger partial charge in [0.2, 0.25) is 0 Å². The second-order valence-corrected chi connectivity index (χ2v) is 6.15. The molecule has 6 nitrogen and oxygen atoms in total. The van der Waals surface area contributed by atoms with Crippen LogP contribution in [0.1, 0.15) is 43.2 Å². The van der Waals surface area contributed by atoms with Crippen molar-refractivity contribution in [2.45, 2.75) is 50.2 Å². The van der Waals surface area contributed by atoms with Gasteiger partial charge in [-0.1, -0.05) is 5.16 Å². The van der Waals surface area contributed by atoms with Crippen molar-refractivity contribution in [2.75, 3.05) is 7.05 Å². The van der Waals surface area contributed by atoms with Crippen LogP contribution >= 0.6 is 0 Å². The second kappa shape index (κ2) is 4.96.